The normalized spacial score (nSPS) is 12.0. The molecule has 0 atom stereocenters. The summed E-state index contributed by atoms with van der Waals surface area (Å²) in [6.07, 6.45) is 2.18. The van der Waals surface area contributed by atoms with Gasteiger partial charge in [-0.3, -0.25) is 0 Å². The van der Waals surface area contributed by atoms with Crippen LogP contribution in [0.5, 0.6) is 5.75 Å². The third-order valence-corrected chi connectivity index (χ3v) is 2.49. The Labute approximate surface area is 96.7 Å². The van der Waals surface area contributed by atoms with Crippen molar-refractivity contribution in [1.29, 1.82) is 0 Å². The summed E-state index contributed by atoms with van der Waals surface area (Å²) in [4.78, 5) is 0. The second kappa shape index (κ2) is 5.22. The van der Waals surface area contributed by atoms with Gasteiger partial charge < -0.3 is 4.74 Å². The third kappa shape index (κ3) is 3.00. The van der Waals surface area contributed by atoms with Crippen LogP contribution in [0.3, 0.4) is 0 Å². The molecule has 1 rings (SSSR count). The van der Waals surface area contributed by atoms with Crippen LogP contribution in [-0.4, -0.2) is 7.11 Å². The zero-order valence-electron chi connectivity index (χ0n) is 9.67. The minimum Gasteiger partial charge on any atom is -0.496 e. The van der Waals surface area contributed by atoms with E-state index in [0.717, 1.165) is 21.9 Å². The maximum absolute atomic E-state index is 6.17. The summed E-state index contributed by atoms with van der Waals surface area (Å²) in [5.74, 6) is 1.34. The van der Waals surface area contributed by atoms with Gasteiger partial charge in [-0.05, 0) is 30.5 Å². The largest absolute Gasteiger partial charge is 0.496 e. The van der Waals surface area contributed by atoms with Crippen molar-refractivity contribution in [1.82, 2.24) is 0 Å². The Morgan fingerprint density at radius 2 is 2.07 bits per heavy atom. The number of ether oxygens (including phenoxy) is 1. The van der Waals surface area contributed by atoms with Crippen molar-refractivity contribution in [3.8, 4) is 5.75 Å². The number of benzene rings is 1. The molecule has 82 valence electrons. The fraction of sp³-hybridized carbons (Fsp3) is 0.385. The first kappa shape index (κ1) is 12.1. The van der Waals surface area contributed by atoms with E-state index in [-0.39, 0.29) is 0 Å². The Morgan fingerprint density at radius 1 is 1.40 bits per heavy atom. The van der Waals surface area contributed by atoms with Crippen LogP contribution in [0.25, 0.3) is 5.57 Å². The minimum absolute atomic E-state index is 0.506. The van der Waals surface area contributed by atoms with Gasteiger partial charge in [-0.15, -0.1) is 0 Å². The van der Waals surface area contributed by atoms with Crippen molar-refractivity contribution in [3.05, 3.63) is 34.9 Å². The Balaban J connectivity index is 3.23. The van der Waals surface area contributed by atoms with Crippen molar-refractivity contribution in [3.63, 3.8) is 0 Å². The first-order valence-corrected chi connectivity index (χ1v) is 5.45. The first-order chi connectivity index (χ1) is 7.06. The van der Waals surface area contributed by atoms with Crippen LogP contribution < -0.4 is 4.74 Å². The maximum Gasteiger partial charge on any atom is 0.127 e. The van der Waals surface area contributed by atoms with Gasteiger partial charge in [0, 0.05) is 5.56 Å². The zero-order valence-corrected chi connectivity index (χ0v) is 10.4. The molecule has 0 radical (unpaired) electrons. The maximum atomic E-state index is 6.17. The van der Waals surface area contributed by atoms with E-state index < -0.39 is 0 Å². The highest BCUT2D eigenvalue weighted by Gasteiger charge is 2.09. The summed E-state index contributed by atoms with van der Waals surface area (Å²) in [6, 6.07) is 5.71. The van der Waals surface area contributed by atoms with E-state index in [1.165, 1.54) is 0 Å². The Bertz CT molecular complexity index is 367. The lowest BCUT2D eigenvalue weighted by molar-refractivity contribution is 0.413. The lowest BCUT2D eigenvalue weighted by Crippen LogP contribution is -1.92. The summed E-state index contributed by atoms with van der Waals surface area (Å²) in [5.41, 5.74) is 2.16. The second-order valence-electron chi connectivity index (χ2n) is 3.91. The molecule has 0 amide bonds. The molecule has 1 aromatic carbocycles. The van der Waals surface area contributed by atoms with Gasteiger partial charge in [-0.2, -0.15) is 0 Å². The molecule has 0 aliphatic heterocycles. The molecular formula is C13H17ClO. The van der Waals surface area contributed by atoms with E-state index >= 15 is 0 Å². The molecule has 0 fully saturated rings. The molecule has 0 aliphatic carbocycles. The van der Waals surface area contributed by atoms with Gasteiger partial charge in [-0.25, -0.2) is 0 Å². The molecule has 15 heavy (non-hydrogen) atoms. The molecule has 0 aromatic heterocycles. The number of halogens is 1. The van der Waals surface area contributed by atoms with Crippen LogP contribution >= 0.6 is 11.6 Å². The van der Waals surface area contributed by atoms with Crippen molar-refractivity contribution < 1.29 is 4.74 Å². The highest BCUT2D eigenvalue weighted by molar-refractivity contribution is 6.32. The van der Waals surface area contributed by atoms with E-state index in [1.807, 2.05) is 18.2 Å². The van der Waals surface area contributed by atoms with Gasteiger partial charge in [-0.1, -0.05) is 37.6 Å². The van der Waals surface area contributed by atoms with Gasteiger partial charge in [0.15, 0.2) is 0 Å². The summed E-state index contributed by atoms with van der Waals surface area (Å²) in [7, 11) is 1.66. The van der Waals surface area contributed by atoms with Crippen LogP contribution in [0.1, 0.15) is 26.3 Å². The standard InChI is InChI=1S/C13H17ClO/c1-9(2)8-10(3)13-11(14)6-5-7-12(13)15-4/h5-9H,1-4H3/b10-8+. The predicted molar refractivity (Wildman–Crippen MR) is 66.5 cm³/mol. The fourth-order valence-electron chi connectivity index (χ4n) is 1.64. The quantitative estimate of drug-likeness (QED) is 0.739. The zero-order chi connectivity index (χ0) is 11.4. The summed E-state index contributed by atoms with van der Waals surface area (Å²) in [5, 5.41) is 0.740. The summed E-state index contributed by atoms with van der Waals surface area (Å²) in [6.45, 7) is 6.35. The number of rotatable bonds is 3. The molecule has 0 N–H and O–H groups in total. The van der Waals surface area contributed by atoms with E-state index in [9.17, 15) is 0 Å². The molecular weight excluding hydrogens is 208 g/mol. The molecule has 0 saturated carbocycles. The van der Waals surface area contributed by atoms with Crippen molar-refractivity contribution in [2.45, 2.75) is 20.8 Å². The Morgan fingerprint density at radius 3 is 2.60 bits per heavy atom. The molecule has 0 bridgehead atoms. The van der Waals surface area contributed by atoms with Gasteiger partial charge in [0.05, 0.1) is 12.1 Å². The van der Waals surface area contributed by atoms with Crippen LogP contribution in [0.2, 0.25) is 5.02 Å². The molecule has 1 aromatic rings. The molecule has 0 heterocycles. The van der Waals surface area contributed by atoms with Gasteiger partial charge in [0.1, 0.15) is 5.75 Å². The molecule has 0 unspecified atom stereocenters. The van der Waals surface area contributed by atoms with Gasteiger partial charge in [0.25, 0.3) is 0 Å². The van der Waals surface area contributed by atoms with Gasteiger partial charge in [0.2, 0.25) is 0 Å². The first-order valence-electron chi connectivity index (χ1n) is 5.07. The molecule has 0 saturated heterocycles. The SMILES string of the molecule is COc1cccc(Cl)c1/C(C)=C/C(C)C. The average molecular weight is 225 g/mol. The van der Waals surface area contributed by atoms with E-state index in [1.54, 1.807) is 7.11 Å². The molecule has 0 spiro atoms. The summed E-state index contributed by atoms with van der Waals surface area (Å²) >= 11 is 6.17. The molecule has 1 nitrogen and oxygen atoms in total. The number of hydrogen-bond donors (Lipinski definition) is 0. The average Bonchev–Trinajstić information content (AvgIpc) is 2.15. The fourth-order valence-corrected chi connectivity index (χ4v) is 1.96. The minimum atomic E-state index is 0.506. The monoisotopic (exact) mass is 224 g/mol. The number of methoxy groups -OCH3 is 1. The smallest absolute Gasteiger partial charge is 0.127 e. The van der Waals surface area contributed by atoms with Gasteiger partial charge >= 0.3 is 0 Å². The Hall–Kier alpha value is -0.950. The summed E-state index contributed by atoms with van der Waals surface area (Å²) < 4.78 is 5.30. The lowest BCUT2D eigenvalue weighted by Gasteiger charge is -2.11. The number of hydrogen-bond acceptors (Lipinski definition) is 1. The topological polar surface area (TPSA) is 9.23 Å². The van der Waals surface area contributed by atoms with Crippen LogP contribution in [0.4, 0.5) is 0 Å². The van der Waals surface area contributed by atoms with E-state index in [0.29, 0.717) is 5.92 Å². The van der Waals surface area contributed by atoms with Crippen LogP contribution in [0.15, 0.2) is 24.3 Å². The van der Waals surface area contributed by atoms with Crippen molar-refractivity contribution in [2.24, 2.45) is 5.92 Å². The van der Waals surface area contributed by atoms with Crippen LogP contribution in [-0.2, 0) is 0 Å². The lowest BCUT2D eigenvalue weighted by atomic mass is 10.0. The highest BCUT2D eigenvalue weighted by atomic mass is 35.5. The van der Waals surface area contributed by atoms with Crippen molar-refractivity contribution >= 4 is 17.2 Å². The second-order valence-corrected chi connectivity index (χ2v) is 4.32. The van der Waals surface area contributed by atoms with Crippen LogP contribution in [0, 0.1) is 5.92 Å². The Kier molecular flexibility index (Phi) is 4.22. The highest BCUT2D eigenvalue weighted by Crippen LogP contribution is 2.33. The molecule has 2 heteroatoms. The van der Waals surface area contributed by atoms with E-state index in [4.69, 9.17) is 16.3 Å². The predicted octanol–water partition coefficient (Wildman–Crippen LogP) is 4.41. The number of allylic oxidation sites excluding steroid dienone is 2. The van der Waals surface area contributed by atoms with Crippen molar-refractivity contribution in [2.75, 3.05) is 7.11 Å². The third-order valence-electron chi connectivity index (χ3n) is 2.17. The molecule has 0 aliphatic rings. The van der Waals surface area contributed by atoms with E-state index in [2.05, 4.69) is 26.8 Å².